The molecule has 1 rings (SSSR count). The molecule has 16 heavy (non-hydrogen) atoms. The fourth-order valence-electron chi connectivity index (χ4n) is 1.19. The molecule has 90 valence electrons. The van der Waals surface area contributed by atoms with Gasteiger partial charge in [-0.05, 0) is 13.0 Å². The molecule has 5 heteroatoms. The minimum Gasteiger partial charge on any atom is -0.311 e. The van der Waals surface area contributed by atoms with Gasteiger partial charge in [-0.25, -0.2) is 8.78 Å². The summed E-state index contributed by atoms with van der Waals surface area (Å²) in [7, 11) is -0.893. The summed E-state index contributed by atoms with van der Waals surface area (Å²) in [6.45, 7) is 2.71. The van der Waals surface area contributed by atoms with Crippen LogP contribution >= 0.6 is 0 Å². The van der Waals surface area contributed by atoms with E-state index in [0.29, 0.717) is 18.7 Å². The normalized spacial score (nSPS) is 14.8. The predicted octanol–water partition coefficient (Wildman–Crippen LogP) is 1.82. The zero-order valence-electron chi connectivity index (χ0n) is 9.30. The van der Waals surface area contributed by atoms with Crippen LogP contribution in [-0.4, -0.2) is 22.3 Å². The second-order valence-corrected chi connectivity index (χ2v) is 5.48. The molecular weight excluding hydrogens is 232 g/mol. The molecule has 0 heterocycles. The van der Waals surface area contributed by atoms with Crippen molar-refractivity contribution in [2.75, 3.05) is 12.8 Å². The van der Waals surface area contributed by atoms with E-state index < -0.39 is 22.4 Å². The van der Waals surface area contributed by atoms with Crippen molar-refractivity contribution in [2.24, 2.45) is 0 Å². The molecule has 0 saturated heterocycles. The van der Waals surface area contributed by atoms with E-state index in [9.17, 15) is 13.0 Å². The Kier molecular flexibility index (Phi) is 5.02. The van der Waals surface area contributed by atoms with Crippen LogP contribution in [0.25, 0.3) is 0 Å². The molecule has 1 aromatic rings. The number of hydrogen-bond donors (Lipinski definition) is 1. The Balaban J connectivity index is 2.46. The highest BCUT2D eigenvalue weighted by Gasteiger charge is 2.07. The molecule has 0 fully saturated rings. The van der Waals surface area contributed by atoms with Crippen LogP contribution in [-0.2, 0) is 17.3 Å². The molecule has 0 aliphatic carbocycles. The lowest BCUT2D eigenvalue weighted by atomic mass is 10.2. The SMILES string of the molecule is CC(CNCc1ccc(F)cc1F)S(C)=O. The van der Waals surface area contributed by atoms with Crippen molar-refractivity contribution in [2.45, 2.75) is 18.7 Å². The largest absolute Gasteiger partial charge is 0.311 e. The smallest absolute Gasteiger partial charge is 0.130 e. The van der Waals surface area contributed by atoms with Crippen molar-refractivity contribution < 1.29 is 13.0 Å². The zero-order valence-corrected chi connectivity index (χ0v) is 10.1. The number of hydrogen-bond acceptors (Lipinski definition) is 2. The number of halogens is 2. The molecule has 0 aromatic heterocycles. The standard InChI is InChI=1S/C11H15F2NOS/c1-8(16(2)15)6-14-7-9-3-4-10(12)5-11(9)13/h3-5,8,14H,6-7H2,1-2H3. The second kappa shape index (κ2) is 6.06. The van der Waals surface area contributed by atoms with Crippen LogP contribution in [0.1, 0.15) is 12.5 Å². The van der Waals surface area contributed by atoms with E-state index in [4.69, 9.17) is 0 Å². The van der Waals surface area contributed by atoms with Crippen LogP contribution in [0.4, 0.5) is 8.78 Å². The third-order valence-electron chi connectivity index (χ3n) is 2.33. The monoisotopic (exact) mass is 247 g/mol. The summed E-state index contributed by atoms with van der Waals surface area (Å²) in [5.74, 6) is -1.14. The van der Waals surface area contributed by atoms with Crippen molar-refractivity contribution in [1.29, 1.82) is 0 Å². The molecule has 0 amide bonds. The fraction of sp³-hybridized carbons (Fsp3) is 0.455. The number of benzene rings is 1. The Morgan fingerprint density at radius 1 is 1.44 bits per heavy atom. The summed E-state index contributed by atoms with van der Waals surface area (Å²) in [6.07, 6.45) is 1.63. The van der Waals surface area contributed by atoms with Crippen LogP contribution in [0.5, 0.6) is 0 Å². The predicted molar refractivity (Wildman–Crippen MR) is 61.6 cm³/mol. The molecule has 0 saturated carbocycles. The molecule has 0 bridgehead atoms. The van der Waals surface area contributed by atoms with E-state index >= 15 is 0 Å². The highest BCUT2D eigenvalue weighted by molar-refractivity contribution is 7.84. The van der Waals surface area contributed by atoms with Gasteiger partial charge in [0.05, 0.1) is 0 Å². The fourth-order valence-corrected chi connectivity index (χ4v) is 1.55. The number of nitrogens with one attached hydrogen (secondary N) is 1. The van der Waals surface area contributed by atoms with Gasteiger partial charge in [-0.2, -0.15) is 0 Å². The quantitative estimate of drug-likeness (QED) is 0.860. The van der Waals surface area contributed by atoms with Crippen LogP contribution in [0.3, 0.4) is 0 Å². The van der Waals surface area contributed by atoms with Crippen LogP contribution in [0.2, 0.25) is 0 Å². The van der Waals surface area contributed by atoms with E-state index in [1.54, 1.807) is 6.26 Å². The molecule has 0 spiro atoms. The molecule has 2 nitrogen and oxygen atoms in total. The Bertz CT molecular complexity index is 384. The summed E-state index contributed by atoms with van der Waals surface area (Å²) in [5, 5.41) is 3.00. The first kappa shape index (κ1) is 13.3. The van der Waals surface area contributed by atoms with Crippen molar-refractivity contribution in [3.8, 4) is 0 Å². The lowest BCUT2D eigenvalue weighted by molar-refractivity contribution is 0.559. The second-order valence-electron chi connectivity index (χ2n) is 3.68. The Morgan fingerprint density at radius 3 is 2.69 bits per heavy atom. The van der Waals surface area contributed by atoms with E-state index in [2.05, 4.69) is 5.32 Å². The van der Waals surface area contributed by atoms with Gasteiger partial charge in [-0.1, -0.05) is 6.07 Å². The van der Waals surface area contributed by atoms with Crippen molar-refractivity contribution >= 4 is 10.8 Å². The highest BCUT2D eigenvalue weighted by Crippen LogP contribution is 2.09. The summed E-state index contributed by atoms with van der Waals surface area (Å²) < 4.78 is 36.8. The third-order valence-corrected chi connectivity index (χ3v) is 3.63. The van der Waals surface area contributed by atoms with Crippen molar-refractivity contribution in [3.63, 3.8) is 0 Å². The maximum absolute atomic E-state index is 13.2. The van der Waals surface area contributed by atoms with Crippen LogP contribution in [0, 0.1) is 11.6 Å². The molecule has 2 atom stereocenters. The van der Waals surface area contributed by atoms with Gasteiger partial charge < -0.3 is 5.32 Å². The first-order valence-electron chi connectivity index (χ1n) is 4.97. The summed E-state index contributed by atoms with van der Waals surface area (Å²) in [4.78, 5) is 0. The average Bonchev–Trinajstić information content (AvgIpc) is 2.20. The van der Waals surface area contributed by atoms with E-state index in [0.717, 1.165) is 6.07 Å². The minimum absolute atomic E-state index is 0.0171. The van der Waals surface area contributed by atoms with Crippen LogP contribution in [0.15, 0.2) is 18.2 Å². The average molecular weight is 247 g/mol. The Labute approximate surface area is 96.5 Å². The van der Waals surface area contributed by atoms with Gasteiger partial charge in [-0.15, -0.1) is 0 Å². The molecular formula is C11H15F2NOS. The first-order valence-corrected chi connectivity index (χ1v) is 6.59. The van der Waals surface area contributed by atoms with Gasteiger partial charge in [0.2, 0.25) is 0 Å². The van der Waals surface area contributed by atoms with Crippen molar-refractivity contribution in [1.82, 2.24) is 5.32 Å². The van der Waals surface area contributed by atoms with E-state index in [1.165, 1.54) is 12.1 Å². The third kappa shape index (κ3) is 3.98. The van der Waals surface area contributed by atoms with Gasteiger partial charge in [0.25, 0.3) is 0 Å². The van der Waals surface area contributed by atoms with Gasteiger partial charge in [0, 0.05) is 47.0 Å². The molecule has 1 aromatic carbocycles. The Morgan fingerprint density at radius 2 is 2.12 bits per heavy atom. The zero-order chi connectivity index (χ0) is 12.1. The summed E-state index contributed by atoms with van der Waals surface area (Å²) in [6, 6.07) is 3.49. The lowest BCUT2D eigenvalue weighted by Crippen LogP contribution is -2.27. The lowest BCUT2D eigenvalue weighted by Gasteiger charge is -2.10. The molecule has 0 aliphatic heterocycles. The maximum atomic E-state index is 13.2. The summed E-state index contributed by atoms with van der Waals surface area (Å²) >= 11 is 0. The maximum Gasteiger partial charge on any atom is 0.130 e. The molecule has 1 N–H and O–H groups in total. The summed E-state index contributed by atoms with van der Waals surface area (Å²) in [5.41, 5.74) is 0.412. The topological polar surface area (TPSA) is 29.1 Å². The highest BCUT2D eigenvalue weighted by atomic mass is 32.2. The molecule has 0 aliphatic rings. The molecule has 0 radical (unpaired) electrons. The Hall–Kier alpha value is -0.810. The molecule has 2 unspecified atom stereocenters. The van der Waals surface area contributed by atoms with Gasteiger partial charge in [0.1, 0.15) is 11.6 Å². The number of rotatable bonds is 5. The van der Waals surface area contributed by atoms with Crippen molar-refractivity contribution in [3.05, 3.63) is 35.4 Å². The van der Waals surface area contributed by atoms with Gasteiger partial charge in [-0.3, -0.25) is 4.21 Å². The van der Waals surface area contributed by atoms with Gasteiger partial charge in [0.15, 0.2) is 0 Å². The van der Waals surface area contributed by atoms with Crippen LogP contribution < -0.4 is 5.32 Å². The first-order chi connectivity index (χ1) is 7.50. The van der Waals surface area contributed by atoms with E-state index in [1.807, 2.05) is 6.92 Å². The van der Waals surface area contributed by atoms with Gasteiger partial charge >= 0.3 is 0 Å². The van der Waals surface area contributed by atoms with E-state index in [-0.39, 0.29) is 5.25 Å². The minimum atomic E-state index is -0.893.